The van der Waals surface area contributed by atoms with Crippen LogP contribution in [0.5, 0.6) is 5.75 Å². The molecular formula is C18H20ClFN2O2. The Kier molecular flexibility index (Phi) is 5.47. The summed E-state index contributed by atoms with van der Waals surface area (Å²) in [6, 6.07) is 11.7. The summed E-state index contributed by atoms with van der Waals surface area (Å²) in [5, 5.41) is 2.85. The van der Waals surface area contributed by atoms with Gasteiger partial charge < -0.3 is 15.8 Å². The van der Waals surface area contributed by atoms with Crippen LogP contribution in [0.15, 0.2) is 42.5 Å². The Hall–Kier alpha value is -2.11. The lowest BCUT2D eigenvalue weighted by Gasteiger charge is -2.14. The average Bonchev–Trinajstić information content (AvgIpc) is 3.27. The van der Waals surface area contributed by atoms with Crippen molar-refractivity contribution in [1.82, 2.24) is 0 Å². The highest BCUT2D eigenvalue weighted by Gasteiger charge is 2.46. The van der Waals surface area contributed by atoms with Gasteiger partial charge in [-0.1, -0.05) is 12.1 Å². The van der Waals surface area contributed by atoms with Crippen LogP contribution in [0, 0.1) is 12.7 Å². The molecule has 0 aromatic heterocycles. The van der Waals surface area contributed by atoms with Crippen LogP contribution in [0.4, 0.5) is 10.1 Å². The number of anilines is 1. The summed E-state index contributed by atoms with van der Waals surface area (Å²) in [6.45, 7) is 2.18. The topological polar surface area (TPSA) is 64.3 Å². The number of ether oxygens (including phenoxy) is 1. The van der Waals surface area contributed by atoms with Crippen molar-refractivity contribution in [1.29, 1.82) is 0 Å². The molecule has 2 aromatic rings. The van der Waals surface area contributed by atoms with E-state index >= 15 is 0 Å². The molecule has 0 saturated heterocycles. The maximum Gasteiger partial charge on any atom is 0.244 e. The number of hydrogen-bond donors (Lipinski definition) is 2. The fraction of sp³-hybridized carbons (Fsp3) is 0.278. The molecule has 128 valence electrons. The van der Waals surface area contributed by atoms with Gasteiger partial charge in [0, 0.05) is 5.69 Å². The number of carbonyl (C=O) groups excluding carboxylic acids is 1. The molecule has 0 atom stereocenters. The standard InChI is InChI=1S/C18H19FN2O2.ClH/c1-12-9-15(23-11-13-3-2-4-14(19)10-13)5-6-16(12)21-17(22)18(20)7-8-18;/h2-6,9-10H,7-8,11,20H2,1H3,(H,21,22);1H. The van der Waals surface area contributed by atoms with Crippen LogP contribution < -0.4 is 15.8 Å². The van der Waals surface area contributed by atoms with Gasteiger partial charge in [0.1, 0.15) is 18.2 Å². The molecule has 2 aromatic carbocycles. The molecule has 0 aliphatic heterocycles. The maximum atomic E-state index is 13.1. The highest BCUT2D eigenvalue weighted by atomic mass is 35.5. The molecule has 24 heavy (non-hydrogen) atoms. The van der Waals surface area contributed by atoms with Crippen LogP contribution in [-0.4, -0.2) is 11.4 Å². The van der Waals surface area contributed by atoms with Crippen molar-refractivity contribution >= 4 is 24.0 Å². The number of nitrogens with two attached hydrogens (primary N) is 1. The van der Waals surface area contributed by atoms with Crippen molar-refractivity contribution in [3.8, 4) is 5.75 Å². The first-order valence-electron chi connectivity index (χ1n) is 7.54. The van der Waals surface area contributed by atoms with Gasteiger partial charge in [0.25, 0.3) is 0 Å². The zero-order chi connectivity index (χ0) is 16.4. The Bertz CT molecular complexity index is 748. The minimum absolute atomic E-state index is 0. The monoisotopic (exact) mass is 350 g/mol. The van der Waals surface area contributed by atoms with Gasteiger partial charge in [-0.25, -0.2) is 4.39 Å². The molecule has 1 aliphatic carbocycles. The third-order valence-corrected chi connectivity index (χ3v) is 3.98. The molecule has 1 amide bonds. The number of carbonyl (C=O) groups is 1. The molecule has 0 bridgehead atoms. The number of nitrogens with one attached hydrogen (secondary N) is 1. The smallest absolute Gasteiger partial charge is 0.244 e. The summed E-state index contributed by atoms with van der Waals surface area (Å²) in [7, 11) is 0. The van der Waals surface area contributed by atoms with E-state index in [9.17, 15) is 9.18 Å². The molecular weight excluding hydrogens is 331 g/mol. The molecule has 3 rings (SSSR count). The summed E-state index contributed by atoms with van der Waals surface area (Å²) in [4.78, 5) is 12.0. The Labute approximate surface area is 146 Å². The summed E-state index contributed by atoms with van der Waals surface area (Å²) in [5.74, 6) is 0.240. The number of rotatable bonds is 5. The van der Waals surface area contributed by atoms with E-state index in [0.29, 0.717) is 5.75 Å². The second-order valence-corrected chi connectivity index (χ2v) is 6.01. The van der Waals surface area contributed by atoms with E-state index in [1.807, 2.05) is 13.0 Å². The molecule has 1 fully saturated rings. The molecule has 0 radical (unpaired) electrons. The van der Waals surface area contributed by atoms with Crippen LogP contribution in [0.3, 0.4) is 0 Å². The number of amides is 1. The van der Waals surface area contributed by atoms with Gasteiger partial charge in [0.05, 0.1) is 5.54 Å². The molecule has 1 saturated carbocycles. The largest absolute Gasteiger partial charge is 0.489 e. The van der Waals surface area contributed by atoms with Crippen molar-refractivity contribution in [3.63, 3.8) is 0 Å². The normalized spacial score (nSPS) is 14.5. The quantitative estimate of drug-likeness (QED) is 0.866. The first-order chi connectivity index (χ1) is 11.0. The van der Waals surface area contributed by atoms with Crippen LogP contribution in [0.1, 0.15) is 24.0 Å². The van der Waals surface area contributed by atoms with Gasteiger partial charge in [0.2, 0.25) is 5.91 Å². The maximum absolute atomic E-state index is 13.1. The van der Waals surface area contributed by atoms with Gasteiger partial charge >= 0.3 is 0 Å². The lowest BCUT2D eigenvalue weighted by Crippen LogP contribution is -2.37. The Morgan fingerprint density at radius 2 is 2.04 bits per heavy atom. The summed E-state index contributed by atoms with van der Waals surface area (Å²) >= 11 is 0. The highest BCUT2D eigenvalue weighted by Crippen LogP contribution is 2.34. The Morgan fingerprint density at radius 3 is 2.67 bits per heavy atom. The van der Waals surface area contributed by atoms with Crippen molar-refractivity contribution in [2.45, 2.75) is 31.9 Å². The minimum atomic E-state index is -0.695. The molecule has 0 unspecified atom stereocenters. The number of halogens is 2. The van der Waals surface area contributed by atoms with Gasteiger partial charge in [-0.2, -0.15) is 0 Å². The highest BCUT2D eigenvalue weighted by molar-refractivity contribution is 6.00. The SMILES string of the molecule is Cc1cc(OCc2cccc(F)c2)ccc1NC(=O)C1(N)CC1.Cl. The third-order valence-electron chi connectivity index (χ3n) is 3.98. The minimum Gasteiger partial charge on any atom is -0.489 e. The van der Waals surface area contributed by atoms with Gasteiger partial charge in [-0.3, -0.25) is 4.79 Å². The fourth-order valence-corrected chi connectivity index (χ4v) is 2.27. The van der Waals surface area contributed by atoms with E-state index in [4.69, 9.17) is 10.5 Å². The van der Waals surface area contributed by atoms with Crippen molar-refractivity contribution in [2.24, 2.45) is 5.73 Å². The van der Waals surface area contributed by atoms with Crippen LogP contribution >= 0.6 is 12.4 Å². The Morgan fingerprint density at radius 1 is 1.29 bits per heavy atom. The van der Waals surface area contributed by atoms with Crippen LogP contribution in [-0.2, 0) is 11.4 Å². The fourth-order valence-electron chi connectivity index (χ4n) is 2.27. The number of aryl methyl sites for hydroxylation is 1. The predicted octanol–water partition coefficient (Wildman–Crippen LogP) is 3.56. The summed E-state index contributed by atoms with van der Waals surface area (Å²) in [5.41, 5.74) is 7.56. The van der Waals surface area contributed by atoms with Crippen LogP contribution in [0.25, 0.3) is 0 Å². The van der Waals surface area contributed by atoms with Crippen LogP contribution in [0.2, 0.25) is 0 Å². The molecule has 3 N–H and O–H groups in total. The molecule has 6 heteroatoms. The average molecular weight is 351 g/mol. The summed E-state index contributed by atoms with van der Waals surface area (Å²) in [6.07, 6.45) is 1.46. The first-order valence-corrected chi connectivity index (χ1v) is 7.54. The molecule has 4 nitrogen and oxygen atoms in total. The molecule has 0 spiro atoms. The number of benzene rings is 2. The van der Waals surface area contributed by atoms with Gasteiger partial charge in [-0.05, 0) is 61.2 Å². The van der Waals surface area contributed by atoms with Crippen molar-refractivity contribution in [2.75, 3.05) is 5.32 Å². The van der Waals surface area contributed by atoms with E-state index in [1.165, 1.54) is 12.1 Å². The van der Waals surface area contributed by atoms with Gasteiger partial charge in [-0.15, -0.1) is 12.4 Å². The molecule has 0 heterocycles. The lowest BCUT2D eigenvalue weighted by molar-refractivity contribution is -0.118. The first kappa shape index (κ1) is 18.2. The van der Waals surface area contributed by atoms with Crippen molar-refractivity contribution in [3.05, 3.63) is 59.4 Å². The van der Waals surface area contributed by atoms with E-state index in [-0.39, 0.29) is 30.7 Å². The predicted molar refractivity (Wildman–Crippen MR) is 93.9 cm³/mol. The molecule has 1 aliphatic rings. The van der Waals surface area contributed by atoms with E-state index in [0.717, 1.165) is 29.7 Å². The Balaban J connectivity index is 0.00000208. The lowest BCUT2D eigenvalue weighted by atomic mass is 10.1. The zero-order valence-electron chi connectivity index (χ0n) is 13.3. The number of hydrogen-bond acceptors (Lipinski definition) is 3. The third kappa shape index (κ3) is 4.24. The summed E-state index contributed by atoms with van der Waals surface area (Å²) < 4.78 is 18.8. The van der Waals surface area contributed by atoms with E-state index < -0.39 is 5.54 Å². The van der Waals surface area contributed by atoms with E-state index in [1.54, 1.807) is 24.3 Å². The second kappa shape index (κ2) is 7.20. The van der Waals surface area contributed by atoms with E-state index in [2.05, 4.69) is 5.32 Å². The second-order valence-electron chi connectivity index (χ2n) is 6.01. The van der Waals surface area contributed by atoms with Gasteiger partial charge in [0.15, 0.2) is 0 Å². The zero-order valence-corrected chi connectivity index (χ0v) is 14.2. The van der Waals surface area contributed by atoms with Crippen molar-refractivity contribution < 1.29 is 13.9 Å².